The van der Waals surface area contributed by atoms with Gasteiger partial charge in [-0.3, -0.25) is 20.6 Å². The lowest BCUT2D eigenvalue weighted by atomic mass is 10.1. The van der Waals surface area contributed by atoms with Crippen molar-refractivity contribution in [2.75, 3.05) is 26.2 Å². The van der Waals surface area contributed by atoms with Crippen molar-refractivity contribution < 1.29 is 5.48 Å². The van der Waals surface area contributed by atoms with Crippen LogP contribution in [0.25, 0.3) is 22.1 Å². The largest absolute Gasteiger partial charge is 0.412 e. The molecule has 2 aliphatic heterocycles. The number of nitrogens with zero attached hydrogens (tertiary/aromatic N) is 6. The lowest BCUT2D eigenvalue weighted by molar-refractivity contribution is 0.221. The highest BCUT2D eigenvalue weighted by Crippen LogP contribution is 2.30. The summed E-state index contributed by atoms with van der Waals surface area (Å²) in [5.74, 6) is 1.74. The molecule has 0 unspecified atom stereocenters. The quantitative estimate of drug-likeness (QED) is 0.123. The number of aromatic amines is 2. The number of fused-ring (bicyclic) bond motifs is 4. The van der Waals surface area contributed by atoms with Crippen LogP contribution in [0.15, 0.2) is 82.8 Å². The molecule has 0 spiro atoms. The maximum atomic E-state index is 8.98. The van der Waals surface area contributed by atoms with Crippen LogP contribution >= 0.6 is 0 Å². The number of rotatable bonds is 11. The maximum Gasteiger partial charge on any atom is 0.121 e. The van der Waals surface area contributed by atoms with Gasteiger partial charge in [-0.05, 0) is 86.3 Å². The van der Waals surface area contributed by atoms with Crippen LogP contribution in [0.3, 0.4) is 0 Å². The molecule has 0 bridgehead atoms. The minimum atomic E-state index is 0. The van der Waals surface area contributed by atoms with Crippen molar-refractivity contribution >= 4 is 56.3 Å². The Kier molecular flexibility index (Phi) is 9.02. The van der Waals surface area contributed by atoms with E-state index >= 15 is 0 Å². The third kappa shape index (κ3) is 6.91. The zero-order valence-electron chi connectivity index (χ0n) is 29.4. The van der Waals surface area contributed by atoms with Crippen LogP contribution in [0.1, 0.15) is 45.0 Å². The lowest BCUT2D eigenvalue weighted by Gasteiger charge is -2.27. The van der Waals surface area contributed by atoms with Crippen molar-refractivity contribution in [2.24, 2.45) is 9.98 Å². The minimum Gasteiger partial charge on any atom is -0.412 e. The summed E-state index contributed by atoms with van der Waals surface area (Å²) in [5.41, 5.74) is 14.5. The predicted octanol–water partition coefficient (Wildman–Crippen LogP) is 6.46. The minimum absolute atomic E-state index is 0. The average molecular weight is 679 g/mol. The van der Waals surface area contributed by atoms with Crippen molar-refractivity contribution in [3.05, 3.63) is 118 Å². The van der Waals surface area contributed by atoms with Gasteiger partial charge in [0.15, 0.2) is 0 Å². The summed E-state index contributed by atoms with van der Waals surface area (Å²) in [6.07, 6.45) is 0. The number of aliphatic imine (C=N–C) groups is 2. The Labute approximate surface area is 296 Å². The Morgan fingerprint density at radius 3 is 1.35 bits per heavy atom. The van der Waals surface area contributed by atoms with E-state index in [0.29, 0.717) is 50.7 Å². The third-order valence-electron chi connectivity index (χ3n) is 9.53. The Balaban J connectivity index is 0.00000406. The summed E-state index contributed by atoms with van der Waals surface area (Å²) >= 11 is 0. The first-order valence-corrected chi connectivity index (χ1v) is 17.1. The highest BCUT2D eigenvalue weighted by Gasteiger charge is 2.26. The van der Waals surface area contributed by atoms with Crippen LogP contribution in [0.2, 0.25) is 0 Å². The highest BCUT2D eigenvalue weighted by atomic mass is 16.0. The first-order chi connectivity index (χ1) is 24.1. The normalized spacial score (nSPS) is 13.7. The molecule has 0 saturated carbocycles. The Morgan fingerprint density at radius 2 is 0.922 bits per heavy atom. The molecule has 0 atom stereocenters. The van der Waals surface area contributed by atoms with Crippen LogP contribution in [-0.4, -0.2) is 84.2 Å². The van der Waals surface area contributed by atoms with E-state index in [1.54, 1.807) is 0 Å². The summed E-state index contributed by atoms with van der Waals surface area (Å²) in [5, 5.41) is 18.0. The highest BCUT2D eigenvalue weighted by molar-refractivity contribution is 6.52. The van der Waals surface area contributed by atoms with Crippen LogP contribution in [-0.2, 0) is 13.1 Å². The van der Waals surface area contributed by atoms with Crippen molar-refractivity contribution in [1.82, 2.24) is 29.7 Å². The Hall–Kier alpha value is -5.62. The summed E-state index contributed by atoms with van der Waals surface area (Å²) in [6.45, 7) is 11.8. The van der Waals surface area contributed by atoms with E-state index < -0.39 is 0 Å². The molecule has 51 heavy (non-hydrogen) atoms. The van der Waals surface area contributed by atoms with Crippen molar-refractivity contribution in [3.63, 3.8) is 0 Å². The molecule has 2 aliphatic rings. The molecule has 6 N–H and O–H groups in total. The molecule has 8 rings (SSSR count). The molecule has 0 amide bonds. The summed E-state index contributed by atoms with van der Waals surface area (Å²) < 4.78 is 0. The van der Waals surface area contributed by atoms with Crippen LogP contribution in [0.4, 0.5) is 11.4 Å². The van der Waals surface area contributed by atoms with E-state index in [4.69, 9.17) is 30.8 Å². The zero-order valence-corrected chi connectivity index (χ0v) is 29.4. The first kappa shape index (κ1) is 33.9. The van der Waals surface area contributed by atoms with Crippen LogP contribution < -0.4 is 0 Å². The summed E-state index contributed by atoms with van der Waals surface area (Å²) in [6, 6.07) is 24.7. The van der Waals surface area contributed by atoms with Gasteiger partial charge in [0.2, 0.25) is 0 Å². The zero-order chi connectivity index (χ0) is 34.5. The van der Waals surface area contributed by atoms with Gasteiger partial charge in [0.05, 0.1) is 69.4 Å². The van der Waals surface area contributed by atoms with E-state index in [9.17, 15) is 0 Å². The van der Waals surface area contributed by atoms with Gasteiger partial charge in [-0.15, -0.1) is 0 Å². The second-order valence-corrected chi connectivity index (χ2v) is 13.7. The molecule has 11 nitrogen and oxygen atoms in total. The van der Waals surface area contributed by atoms with Gasteiger partial charge in [-0.2, -0.15) is 0 Å². The van der Waals surface area contributed by atoms with Crippen molar-refractivity contribution in [3.8, 4) is 0 Å². The molecule has 6 aromatic rings. The molecule has 4 aromatic carbocycles. The lowest BCUT2D eigenvalue weighted by Crippen LogP contribution is -2.41. The van der Waals surface area contributed by atoms with E-state index in [-0.39, 0.29) is 5.48 Å². The number of benzene rings is 4. The molecule has 11 heteroatoms. The molecule has 0 saturated heterocycles. The van der Waals surface area contributed by atoms with E-state index in [1.165, 1.54) is 11.1 Å². The molecule has 0 radical (unpaired) electrons. The molecule has 258 valence electrons. The average Bonchev–Trinajstić information content (AvgIpc) is 3.82. The fourth-order valence-electron chi connectivity index (χ4n) is 6.89. The van der Waals surface area contributed by atoms with Gasteiger partial charge >= 0.3 is 0 Å². The number of nitrogens with one attached hydrogen (secondary N) is 4. The fraction of sp³-hybridized carbons (Fsp3) is 0.250. The predicted molar refractivity (Wildman–Crippen MR) is 206 cm³/mol. The molecular formula is C40H42N10O. The smallest absolute Gasteiger partial charge is 0.121 e. The number of hydrogen-bond acceptors (Lipinski definition) is 8. The van der Waals surface area contributed by atoms with E-state index in [1.807, 2.05) is 24.3 Å². The van der Waals surface area contributed by atoms with Gasteiger partial charge in [0.1, 0.15) is 11.6 Å². The monoisotopic (exact) mass is 678 g/mol. The number of imidazole rings is 2. The van der Waals surface area contributed by atoms with Gasteiger partial charge in [-0.25, -0.2) is 20.0 Å². The van der Waals surface area contributed by atoms with Gasteiger partial charge < -0.3 is 15.4 Å². The van der Waals surface area contributed by atoms with Crippen molar-refractivity contribution in [2.45, 2.75) is 40.8 Å². The fourth-order valence-corrected chi connectivity index (χ4v) is 6.89. The summed E-state index contributed by atoms with van der Waals surface area (Å²) in [7, 11) is 0. The van der Waals surface area contributed by atoms with E-state index in [2.05, 4.69) is 96.0 Å². The second kappa shape index (κ2) is 13.6. The summed E-state index contributed by atoms with van der Waals surface area (Å²) in [4.78, 5) is 31.4. The molecular weight excluding hydrogens is 637 g/mol. The second-order valence-electron chi connectivity index (χ2n) is 13.7. The van der Waals surface area contributed by atoms with E-state index in [0.717, 1.165) is 78.8 Å². The van der Waals surface area contributed by atoms with Crippen LogP contribution in [0.5, 0.6) is 0 Å². The Morgan fingerprint density at radius 1 is 0.529 bits per heavy atom. The molecule has 0 aliphatic carbocycles. The van der Waals surface area contributed by atoms with Gasteiger partial charge in [0, 0.05) is 37.3 Å². The molecule has 0 fully saturated rings. The molecule has 2 aromatic heterocycles. The SMILES string of the molecule is Cc1ccc2c(c1)N=C(CN(CCN(CC1=Nc3cc(C)ccc3C1=N)Cc1nc3ccc(C)cc3[nH]1)Cc1nc3ccc(C)cc3[nH]1)C2=N.O. The number of hydrogen-bond donors (Lipinski definition) is 4. The number of aromatic nitrogens is 4. The van der Waals surface area contributed by atoms with Crippen molar-refractivity contribution in [1.29, 1.82) is 10.8 Å². The number of H-pyrrole nitrogens is 2. The standard InChI is InChI=1S/C40H40N10.H2O/c1-23-5-9-27-31(15-23)43-35(39(27)41)19-49(21-37-45-29-11-7-25(3)17-33(29)47-37)13-14-50(22-38-46-30-12-8-26(4)18-34(30)48-38)20-36-40(42)28-10-6-24(2)16-32(28)44-36;/h5-12,15-18,41-42H,13-14,19-22H2,1-4H3,(H,45,47)(H,46,48);1H2. The third-order valence-corrected chi connectivity index (χ3v) is 9.53. The topological polar surface area (TPSA) is 168 Å². The van der Waals surface area contributed by atoms with Crippen LogP contribution in [0, 0.1) is 38.5 Å². The van der Waals surface area contributed by atoms with Gasteiger partial charge in [-0.1, -0.05) is 36.4 Å². The maximum absolute atomic E-state index is 8.98. The molecule has 4 heterocycles. The first-order valence-electron chi connectivity index (χ1n) is 17.1. The van der Waals surface area contributed by atoms with Gasteiger partial charge in [0.25, 0.3) is 0 Å². The number of aryl methyl sites for hydroxylation is 4. The Bertz CT molecular complexity index is 2230.